The summed E-state index contributed by atoms with van der Waals surface area (Å²) in [5, 5.41) is 13.2. The highest BCUT2D eigenvalue weighted by Crippen LogP contribution is 2.19. The number of carbonyl (C=O) groups excluding carboxylic acids is 1. The highest BCUT2D eigenvalue weighted by Gasteiger charge is 2.12. The third-order valence-electron chi connectivity index (χ3n) is 3.64. The van der Waals surface area contributed by atoms with E-state index in [-0.39, 0.29) is 11.7 Å². The SMILES string of the molecule is Cn1c(Cc2ccc(Cl)cc2)nnc1SCC(=O)Nc1cccc(Cl)c1. The molecule has 0 fully saturated rings. The van der Waals surface area contributed by atoms with Crippen molar-refractivity contribution in [1.82, 2.24) is 14.8 Å². The lowest BCUT2D eigenvalue weighted by atomic mass is 10.1. The molecule has 0 aliphatic carbocycles. The van der Waals surface area contributed by atoms with Gasteiger partial charge >= 0.3 is 0 Å². The lowest BCUT2D eigenvalue weighted by Gasteiger charge is -2.06. The summed E-state index contributed by atoms with van der Waals surface area (Å²) in [5.41, 5.74) is 1.77. The van der Waals surface area contributed by atoms with E-state index >= 15 is 0 Å². The van der Waals surface area contributed by atoms with Crippen LogP contribution in [0.2, 0.25) is 10.0 Å². The molecule has 0 aliphatic rings. The van der Waals surface area contributed by atoms with Gasteiger partial charge in [0.15, 0.2) is 5.16 Å². The fraction of sp³-hybridized carbons (Fsp3) is 0.167. The van der Waals surface area contributed by atoms with Gasteiger partial charge in [0.05, 0.1) is 5.75 Å². The van der Waals surface area contributed by atoms with Gasteiger partial charge in [-0.15, -0.1) is 10.2 Å². The summed E-state index contributed by atoms with van der Waals surface area (Å²) in [4.78, 5) is 12.1. The molecule has 3 aromatic rings. The molecule has 1 aromatic heterocycles. The molecular formula is C18H16Cl2N4OS. The molecule has 0 saturated heterocycles. The van der Waals surface area contributed by atoms with Crippen LogP contribution in [0.4, 0.5) is 5.69 Å². The number of halogens is 2. The zero-order valence-electron chi connectivity index (χ0n) is 13.9. The number of amides is 1. The van der Waals surface area contributed by atoms with Gasteiger partial charge in [0, 0.05) is 29.2 Å². The van der Waals surface area contributed by atoms with E-state index in [2.05, 4.69) is 15.5 Å². The van der Waals surface area contributed by atoms with Crippen molar-refractivity contribution < 1.29 is 4.79 Å². The largest absolute Gasteiger partial charge is 0.325 e. The number of aromatic nitrogens is 3. The summed E-state index contributed by atoms with van der Waals surface area (Å²) in [6, 6.07) is 14.7. The molecule has 0 saturated carbocycles. The van der Waals surface area contributed by atoms with Crippen LogP contribution in [-0.4, -0.2) is 26.4 Å². The first-order valence-electron chi connectivity index (χ1n) is 7.82. The number of nitrogens with one attached hydrogen (secondary N) is 1. The Hall–Kier alpha value is -2.02. The van der Waals surface area contributed by atoms with E-state index in [9.17, 15) is 4.79 Å². The Kier molecular flexibility index (Phi) is 6.19. The number of carbonyl (C=O) groups is 1. The molecule has 26 heavy (non-hydrogen) atoms. The van der Waals surface area contributed by atoms with Crippen molar-refractivity contribution in [3.8, 4) is 0 Å². The molecule has 1 amide bonds. The summed E-state index contributed by atoms with van der Waals surface area (Å²) in [7, 11) is 1.89. The zero-order valence-corrected chi connectivity index (χ0v) is 16.3. The van der Waals surface area contributed by atoms with Crippen molar-refractivity contribution in [2.24, 2.45) is 7.05 Å². The lowest BCUT2D eigenvalue weighted by Crippen LogP contribution is -2.14. The van der Waals surface area contributed by atoms with Gasteiger partial charge in [-0.25, -0.2) is 0 Å². The summed E-state index contributed by atoms with van der Waals surface area (Å²) in [6.07, 6.45) is 0.649. The van der Waals surface area contributed by atoms with Crippen molar-refractivity contribution in [1.29, 1.82) is 0 Å². The van der Waals surface area contributed by atoms with Crippen molar-refractivity contribution in [3.05, 3.63) is 70.0 Å². The molecule has 1 N–H and O–H groups in total. The van der Waals surface area contributed by atoms with Gasteiger partial charge in [0.1, 0.15) is 5.82 Å². The second-order valence-electron chi connectivity index (χ2n) is 5.61. The molecule has 0 aliphatic heterocycles. The van der Waals surface area contributed by atoms with Crippen LogP contribution in [0.1, 0.15) is 11.4 Å². The molecule has 0 spiro atoms. The van der Waals surface area contributed by atoms with Crippen LogP contribution in [0.25, 0.3) is 0 Å². The number of rotatable bonds is 6. The number of benzene rings is 2. The fourth-order valence-electron chi connectivity index (χ4n) is 2.30. The second-order valence-corrected chi connectivity index (χ2v) is 7.42. The van der Waals surface area contributed by atoms with Crippen LogP contribution in [0.5, 0.6) is 0 Å². The fourth-order valence-corrected chi connectivity index (χ4v) is 3.35. The Morgan fingerprint density at radius 1 is 1.12 bits per heavy atom. The first-order chi connectivity index (χ1) is 12.5. The first kappa shape index (κ1) is 18.8. The van der Waals surface area contributed by atoms with E-state index < -0.39 is 0 Å². The van der Waals surface area contributed by atoms with E-state index in [1.165, 1.54) is 11.8 Å². The molecule has 2 aromatic carbocycles. The van der Waals surface area contributed by atoms with E-state index in [0.29, 0.717) is 27.3 Å². The Morgan fingerprint density at radius 2 is 1.88 bits per heavy atom. The Bertz CT molecular complexity index is 912. The number of hydrogen-bond acceptors (Lipinski definition) is 4. The topological polar surface area (TPSA) is 59.8 Å². The van der Waals surface area contributed by atoms with E-state index in [4.69, 9.17) is 23.2 Å². The second kappa shape index (κ2) is 8.58. The average molecular weight is 407 g/mol. The number of hydrogen-bond donors (Lipinski definition) is 1. The third kappa shape index (κ3) is 5.00. The zero-order chi connectivity index (χ0) is 18.5. The molecule has 1 heterocycles. The van der Waals surface area contributed by atoms with Crippen molar-refractivity contribution in [3.63, 3.8) is 0 Å². The summed E-state index contributed by atoms with van der Waals surface area (Å²) >= 11 is 13.2. The monoisotopic (exact) mass is 406 g/mol. The van der Waals surface area contributed by atoms with Gasteiger partial charge < -0.3 is 9.88 Å². The average Bonchev–Trinajstić information content (AvgIpc) is 2.95. The minimum Gasteiger partial charge on any atom is -0.325 e. The maximum Gasteiger partial charge on any atom is 0.234 e. The van der Waals surface area contributed by atoms with Crippen LogP contribution in [0, 0.1) is 0 Å². The predicted molar refractivity (Wildman–Crippen MR) is 106 cm³/mol. The lowest BCUT2D eigenvalue weighted by molar-refractivity contribution is -0.113. The first-order valence-corrected chi connectivity index (χ1v) is 9.56. The maximum absolute atomic E-state index is 12.1. The summed E-state index contributed by atoms with van der Waals surface area (Å²) in [6.45, 7) is 0. The maximum atomic E-state index is 12.1. The molecule has 3 rings (SSSR count). The third-order valence-corrected chi connectivity index (χ3v) is 5.15. The Labute approximate surface area is 165 Å². The van der Waals surface area contributed by atoms with Crippen LogP contribution in [0.15, 0.2) is 53.7 Å². The molecule has 0 bridgehead atoms. The van der Waals surface area contributed by atoms with E-state index in [1.807, 2.05) is 35.9 Å². The quantitative estimate of drug-likeness (QED) is 0.614. The Morgan fingerprint density at radius 3 is 2.62 bits per heavy atom. The molecule has 8 heteroatoms. The van der Waals surface area contributed by atoms with Gasteiger partial charge in [0.2, 0.25) is 5.91 Å². The van der Waals surface area contributed by atoms with E-state index in [1.54, 1.807) is 24.3 Å². The molecule has 0 radical (unpaired) electrons. The van der Waals surface area contributed by atoms with Gasteiger partial charge in [0.25, 0.3) is 0 Å². The highest BCUT2D eigenvalue weighted by molar-refractivity contribution is 7.99. The van der Waals surface area contributed by atoms with Gasteiger partial charge in [-0.3, -0.25) is 4.79 Å². The van der Waals surface area contributed by atoms with Gasteiger partial charge in [-0.2, -0.15) is 0 Å². The minimum absolute atomic E-state index is 0.125. The normalized spacial score (nSPS) is 10.7. The van der Waals surface area contributed by atoms with Crippen LogP contribution >= 0.6 is 35.0 Å². The summed E-state index contributed by atoms with van der Waals surface area (Å²) < 4.78 is 1.89. The van der Waals surface area contributed by atoms with Crippen molar-refractivity contribution >= 4 is 46.6 Å². The number of anilines is 1. The van der Waals surface area contributed by atoms with E-state index in [0.717, 1.165) is 11.4 Å². The molecular weight excluding hydrogens is 391 g/mol. The minimum atomic E-state index is -0.125. The standard InChI is InChI=1S/C18H16Cl2N4OS/c1-24-16(9-12-5-7-13(19)8-6-12)22-23-18(24)26-11-17(25)21-15-4-2-3-14(20)10-15/h2-8,10H,9,11H2,1H3,(H,21,25). The van der Waals surface area contributed by atoms with Crippen LogP contribution in [-0.2, 0) is 18.3 Å². The molecule has 0 unspecified atom stereocenters. The molecule has 0 atom stereocenters. The predicted octanol–water partition coefficient (Wildman–Crippen LogP) is 4.44. The molecule has 5 nitrogen and oxygen atoms in total. The van der Waals surface area contributed by atoms with Crippen LogP contribution in [0.3, 0.4) is 0 Å². The van der Waals surface area contributed by atoms with Crippen LogP contribution < -0.4 is 5.32 Å². The number of nitrogens with zero attached hydrogens (tertiary/aromatic N) is 3. The van der Waals surface area contributed by atoms with Crippen molar-refractivity contribution in [2.45, 2.75) is 11.6 Å². The van der Waals surface area contributed by atoms with Crippen molar-refractivity contribution in [2.75, 3.05) is 11.1 Å². The summed E-state index contributed by atoms with van der Waals surface area (Å²) in [5.74, 6) is 0.934. The Balaban J connectivity index is 1.57. The smallest absolute Gasteiger partial charge is 0.234 e. The number of thioether (sulfide) groups is 1. The van der Waals surface area contributed by atoms with Gasteiger partial charge in [-0.05, 0) is 35.9 Å². The molecule has 134 valence electrons. The van der Waals surface area contributed by atoms with Gasteiger partial charge in [-0.1, -0.05) is 53.2 Å². The highest BCUT2D eigenvalue weighted by atomic mass is 35.5.